The normalized spacial score (nSPS) is 13.1. The molecule has 0 aliphatic carbocycles. The molecule has 0 fully saturated rings. The van der Waals surface area contributed by atoms with E-state index in [0.29, 0.717) is 17.7 Å². The number of ether oxygens (including phenoxy) is 1. The minimum Gasteiger partial charge on any atom is -0.444 e. The highest BCUT2D eigenvalue weighted by atomic mass is 16.6. The summed E-state index contributed by atoms with van der Waals surface area (Å²) >= 11 is 0. The Morgan fingerprint density at radius 1 is 0.886 bits per heavy atom. The number of nitrogens with zero attached hydrogens (tertiary/aromatic N) is 1. The van der Waals surface area contributed by atoms with E-state index in [4.69, 9.17) is 10.5 Å². The van der Waals surface area contributed by atoms with Gasteiger partial charge in [-0.2, -0.15) is 0 Å². The number of carbonyl (C=O) groups excluding carboxylic acids is 4. The Labute approximate surface area is 260 Å². The zero-order valence-corrected chi connectivity index (χ0v) is 26.9. The van der Waals surface area contributed by atoms with Gasteiger partial charge < -0.3 is 26.0 Å². The molecule has 3 aromatic carbocycles. The number of rotatable bonds is 12. The highest BCUT2D eigenvalue weighted by Gasteiger charge is 2.43. The lowest BCUT2D eigenvalue weighted by Gasteiger charge is -2.44. The third-order valence-corrected chi connectivity index (χ3v) is 7.65. The summed E-state index contributed by atoms with van der Waals surface area (Å²) in [7, 11) is 0. The van der Waals surface area contributed by atoms with Crippen molar-refractivity contribution in [3.63, 3.8) is 0 Å². The van der Waals surface area contributed by atoms with Crippen LogP contribution < -0.4 is 16.4 Å². The molecule has 0 saturated carbocycles. The zero-order valence-electron chi connectivity index (χ0n) is 26.9. The number of alkyl carbamates (subject to hydrolysis) is 1. The van der Waals surface area contributed by atoms with E-state index in [0.717, 1.165) is 22.8 Å². The fraction of sp³-hybridized carbons (Fsp3) is 0.429. The Morgan fingerprint density at radius 3 is 2.09 bits per heavy atom. The van der Waals surface area contributed by atoms with Crippen molar-refractivity contribution in [2.24, 2.45) is 5.73 Å². The molecule has 4 amide bonds. The van der Waals surface area contributed by atoms with Gasteiger partial charge in [-0.3, -0.25) is 14.4 Å². The highest BCUT2D eigenvalue weighted by Crippen LogP contribution is 2.34. The van der Waals surface area contributed by atoms with Gasteiger partial charge in [-0.15, -0.1) is 0 Å². The van der Waals surface area contributed by atoms with Crippen molar-refractivity contribution in [3.8, 4) is 0 Å². The second kappa shape index (κ2) is 14.4. The third kappa shape index (κ3) is 9.05. The summed E-state index contributed by atoms with van der Waals surface area (Å²) in [5.41, 5.74) is 6.07. The molecule has 44 heavy (non-hydrogen) atoms. The molecule has 0 aromatic heterocycles. The number of hydrogen-bond acceptors (Lipinski definition) is 5. The molecule has 0 spiro atoms. The molecule has 4 N–H and O–H groups in total. The number of benzene rings is 3. The number of nitrogens with one attached hydrogen (secondary N) is 2. The van der Waals surface area contributed by atoms with Crippen LogP contribution in [0.3, 0.4) is 0 Å². The smallest absolute Gasteiger partial charge is 0.408 e. The maximum Gasteiger partial charge on any atom is 0.408 e. The quantitative estimate of drug-likeness (QED) is 0.225. The fourth-order valence-corrected chi connectivity index (χ4v) is 4.94. The van der Waals surface area contributed by atoms with Gasteiger partial charge in [0.25, 0.3) is 5.91 Å². The molecule has 0 saturated heterocycles. The Bertz CT molecular complexity index is 1480. The van der Waals surface area contributed by atoms with Crippen molar-refractivity contribution in [2.75, 3.05) is 5.32 Å². The van der Waals surface area contributed by atoms with Gasteiger partial charge in [0.1, 0.15) is 17.7 Å². The predicted molar refractivity (Wildman–Crippen MR) is 174 cm³/mol. The third-order valence-electron chi connectivity index (χ3n) is 7.65. The van der Waals surface area contributed by atoms with Crippen LogP contribution in [-0.2, 0) is 25.5 Å². The second-order valence-electron chi connectivity index (χ2n) is 12.6. The first-order chi connectivity index (χ1) is 20.6. The lowest BCUT2D eigenvalue weighted by Crippen LogP contribution is -2.59. The van der Waals surface area contributed by atoms with E-state index in [1.165, 1.54) is 4.90 Å². The number of hydrogen-bond donors (Lipinski definition) is 3. The van der Waals surface area contributed by atoms with Crippen molar-refractivity contribution in [2.45, 2.75) is 97.4 Å². The van der Waals surface area contributed by atoms with E-state index in [1.807, 2.05) is 94.4 Å². The van der Waals surface area contributed by atoms with E-state index in [9.17, 15) is 19.2 Å². The van der Waals surface area contributed by atoms with Crippen molar-refractivity contribution in [1.82, 2.24) is 10.2 Å². The number of aryl methyl sites for hydroxylation is 1. The summed E-state index contributed by atoms with van der Waals surface area (Å²) in [6.07, 6.45) is 0.301. The molecule has 3 aromatic rings. The molecule has 0 bridgehead atoms. The molecule has 2 unspecified atom stereocenters. The van der Waals surface area contributed by atoms with Crippen LogP contribution in [0.1, 0.15) is 84.9 Å². The highest BCUT2D eigenvalue weighted by molar-refractivity contribution is 6.00. The lowest BCUT2D eigenvalue weighted by atomic mass is 9.91. The van der Waals surface area contributed by atoms with Crippen LogP contribution in [0.15, 0.2) is 66.7 Å². The minimum atomic E-state index is -1.17. The number of amides is 4. The van der Waals surface area contributed by atoms with Gasteiger partial charge in [0.15, 0.2) is 0 Å². The molecule has 9 nitrogen and oxygen atoms in total. The molecule has 0 heterocycles. The molecule has 2 atom stereocenters. The molecule has 0 radical (unpaired) electrons. The van der Waals surface area contributed by atoms with Gasteiger partial charge in [-0.25, -0.2) is 4.79 Å². The van der Waals surface area contributed by atoms with Gasteiger partial charge in [-0.1, -0.05) is 68.4 Å². The largest absolute Gasteiger partial charge is 0.444 e. The summed E-state index contributed by atoms with van der Waals surface area (Å²) in [6.45, 7) is 12.9. The van der Waals surface area contributed by atoms with Gasteiger partial charge in [0, 0.05) is 17.6 Å². The number of nitrogens with two attached hydrogens (primary N) is 1. The van der Waals surface area contributed by atoms with Crippen LogP contribution in [0, 0.1) is 0 Å². The first-order valence-corrected chi connectivity index (χ1v) is 15.1. The Kier molecular flexibility index (Phi) is 11.1. The monoisotopic (exact) mass is 602 g/mol. The Morgan fingerprint density at radius 2 is 1.52 bits per heavy atom. The van der Waals surface area contributed by atoms with E-state index < -0.39 is 47.0 Å². The molecular formula is C35H46N4O5. The predicted octanol–water partition coefficient (Wildman–Crippen LogP) is 6.26. The fourth-order valence-electron chi connectivity index (χ4n) is 4.94. The molecule has 0 aliphatic heterocycles. The van der Waals surface area contributed by atoms with Gasteiger partial charge >= 0.3 is 6.09 Å². The van der Waals surface area contributed by atoms with E-state index in [2.05, 4.69) is 10.6 Å². The number of fused-ring (bicyclic) bond motifs is 1. The first-order valence-electron chi connectivity index (χ1n) is 15.1. The SMILES string of the molecule is CCc1ccc(C(C(=O)Nc2ccc3ccccc3c2)N(C(=O)C(CCC(N)=O)NC(=O)OC(C)(C)C)C(C)(C)CC)cc1. The standard InChI is InChI=1S/C35H46N4O5/c1-8-23-14-16-25(17-15-23)30(31(41)37-27-19-18-24-12-10-11-13-26(24)22-27)39(35(6,7)9-2)32(42)28(20-21-29(36)40)38-33(43)44-34(3,4)5/h10-19,22,28,30H,8-9,20-21H2,1-7H3,(H2,36,40)(H,37,41)(H,38,43). The van der Waals surface area contributed by atoms with Gasteiger partial charge in [0.05, 0.1) is 0 Å². The molecule has 236 valence electrons. The summed E-state index contributed by atoms with van der Waals surface area (Å²) < 4.78 is 5.43. The Balaban J connectivity index is 2.11. The zero-order chi connectivity index (χ0) is 32.7. The van der Waals surface area contributed by atoms with Crippen LogP contribution in [-0.4, -0.2) is 45.9 Å². The van der Waals surface area contributed by atoms with Crippen LogP contribution >= 0.6 is 0 Å². The average Bonchev–Trinajstić information content (AvgIpc) is 2.96. The molecule has 0 aliphatic rings. The second-order valence-corrected chi connectivity index (χ2v) is 12.6. The minimum absolute atomic E-state index is 0.0580. The van der Waals surface area contributed by atoms with Gasteiger partial charge in [0.2, 0.25) is 11.8 Å². The first kappa shape index (κ1) is 34.1. The summed E-state index contributed by atoms with van der Waals surface area (Å²) in [5.74, 6) is -1.55. The van der Waals surface area contributed by atoms with E-state index >= 15 is 0 Å². The van der Waals surface area contributed by atoms with Crippen LogP contribution in [0.25, 0.3) is 10.8 Å². The summed E-state index contributed by atoms with van der Waals surface area (Å²) in [6, 6.07) is 18.8. The molecule has 3 rings (SSSR count). The van der Waals surface area contributed by atoms with Crippen molar-refractivity contribution in [1.29, 1.82) is 0 Å². The molecule has 9 heteroatoms. The summed E-state index contributed by atoms with van der Waals surface area (Å²) in [4.78, 5) is 55.0. The lowest BCUT2D eigenvalue weighted by molar-refractivity contribution is -0.148. The topological polar surface area (TPSA) is 131 Å². The maximum absolute atomic E-state index is 14.6. The summed E-state index contributed by atoms with van der Waals surface area (Å²) in [5, 5.41) is 7.68. The number of carbonyl (C=O) groups is 4. The van der Waals surface area contributed by atoms with Crippen molar-refractivity contribution in [3.05, 3.63) is 77.9 Å². The van der Waals surface area contributed by atoms with Crippen molar-refractivity contribution < 1.29 is 23.9 Å². The van der Waals surface area contributed by atoms with Gasteiger partial charge in [-0.05, 0) is 87.9 Å². The average molecular weight is 603 g/mol. The van der Waals surface area contributed by atoms with Crippen LogP contribution in [0.5, 0.6) is 0 Å². The van der Waals surface area contributed by atoms with E-state index in [1.54, 1.807) is 20.8 Å². The molecular weight excluding hydrogens is 556 g/mol. The maximum atomic E-state index is 14.6. The van der Waals surface area contributed by atoms with Crippen molar-refractivity contribution >= 4 is 40.3 Å². The van der Waals surface area contributed by atoms with Crippen LogP contribution in [0.2, 0.25) is 0 Å². The Hall–Kier alpha value is -4.40. The number of primary amides is 1. The van der Waals surface area contributed by atoms with Crippen LogP contribution in [0.4, 0.5) is 10.5 Å². The van der Waals surface area contributed by atoms with E-state index in [-0.39, 0.29) is 12.8 Å². The number of anilines is 1.